The van der Waals surface area contributed by atoms with Crippen molar-refractivity contribution < 1.29 is 4.79 Å². The van der Waals surface area contributed by atoms with Gasteiger partial charge in [-0.15, -0.1) is 0 Å². The molecular weight excluding hydrogens is 278 g/mol. The van der Waals surface area contributed by atoms with Crippen LogP contribution in [0.25, 0.3) is 0 Å². The van der Waals surface area contributed by atoms with Gasteiger partial charge in [0.15, 0.2) is 5.69 Å². The van der Waals surface area contributed by atoms with E-state index in [9.17, 15) is 4.79 Å². The summed E-state index contributed by atoms with van der Waals surface area (Å²) in [7, 11) is 0. The number of hydrogen-bond acceptors (Lipinski definition) is 5. The number of likely N-dealkylation sites (tertiary alicyclic amines) is 1. The third kappa shape index (κ3) is 3.20. The maximum atomic E-state index is 12.2. The molecule has 0 bridgehead atoms. The first-order valence-electron chi connectivity index (χ1n) is 7.88. The van der Waals surface area contributed by atoms with Crippen molar-refractivity contribution in [3.05, 3.63) is 24.0 Å². The molecule has 0 spiro atoms. The Labute approximate surface area is 130 Å². The molecule has 2 aliphatic rings. The molecule has 6 heteroatoms. The van der Waals surface area contributed by atoms with Gasteiger partial charge < -0.3 is 9.80 Å². The summed E-state index contributed by atoms with van der Waals surface area (Å²) < 4.78 is 0. The van der Waals surface area contributed by atoms with Crippen LogP contribution in [0.3, 0.4) is 0 Å². The molecule has 2 saturated heterocycles. The summed E-state index contributed by atoms with van der Waals surface area (Å²) in [5, 5.41) is 9.14. The Hall–Kier alpha value is -2.13. The molecule has 2 aliphatic heterocycles. The molecule has 2 fully saturated rings. The monoisotopic (exact) mass is 299 g/mol. The Kier molecular flexibility index (Phi) is 4.54. The minimum absolute atomic E-state index is 0.255. The molecule has 0 aromatic carbocycles. The van der Waals surface area contributed by atoms with Crippen molar-refractivity contribution in [1.29, 1.82) is 5.26 Å². The Morgan fingerprint density at radius 3 is 2.59 bits per heavy atom. The second kappa shape index (κ2) is 6.75. The molecule has 3 rings (SSSR count). The quantitative estimate of drug-likeness (QED) is 0.822. The van der Waals surface area contributed by atoms with Crippen molar-refractivity contribution in [1.82, 2.24) is 14.8 Å². The van der Waals surface area contributed by atoms with E-state index in [-0.39, 0.29) is 5.91 Å². The standard InChI is InChI=1S/C16H21N5O/c17-12-14-15(4-3-5-18-14)20-10-8-19(9-11-20)13-16(22)21-6-1-2-7-21/h3-5H,1-2,6-11,13H2. The van der Waals surface area contributed by atoms with Crippen LogP contribution in [0.15, 0.2) is 18.3 Å². The number of pyridine rings is 1. The normalized spacial score (nSPS) is 19.2. The van der Waals surface area contributed by atoms with Crippen LogP contribution in [0.1, 0.15) is 18.5 Å². The first-order valence-corrected chi connectivity index (χ1v) is 7.88. The van der Waals surface area contributed by atoms with Gasteiger partial charge in [-0.3, -0.25) is 9.69 Å². The summed E-state index contributed by atoms with van der Waals surface area (Å²) >= 11 is 0. The van der Waals surface area contributed by atoms with E-state index in [2.05, 4.69) is 20.9 Å². The van der Waals surface area contributed by atoms with E-state index in [0.717, 1.165) is 57.8 Å². The highest BCUT2D eigenvalue weighted by Gasteiger charge is 2.24. The van der Waals surface area contributed by atoms with Crippen LogP contribution >= 0.6 is 0 Å². The molecule has 1 amide bonds. The maximum absolute atomic E-state index is 12.2. The lowest BCUT2D eigenvalue weighted by atomic mass is 10.2. The number of aromatic nitrogens is 1. The van der Waals surface area contributed by atoms with Crippen molar-refractivity contribution in [2.75, 3.05) is 50.7 Å². The third-order valence-corrected chi connectivity index (χ3v) is 4.42. The fourth-order valence-corrected chi connectivity index (χ4v) is 3.14. The predicted octanol–water partition coefficient (Wildman–Crippen LogP) is 0.698. The summed E-state index contributed by atoms with van der Waals surface area (Å²) in [6.45, 7) is 5.70. The number of amides is 1. The molecular formula is C16H21N5O. The lowest BCUT2D eigenvalue weighted by molar-refractivity contribution is -0.131. The van der Waals surface area contributed by atoms with Gasteiger partial charge in [-0.2, -0.15) is 5.26 Å². The van der Waals surface area contributed by atoms with E-state index in [0.29, 0.717) is 12.2 Å². The number of nitriles is 1. The number of hydrogen-bond donors (Lipinski definition) is 0. The van der Waals surface area contributed by atoms with Gasteiger partial charge >= 0.3 is 0 Å². The summed E-state index contributed by atoms with van der Waals surface area (Å²) in [5.74, 6) is 0.255. The minimum atomic E-state index is 0.255. The molecule has 22 heavy (non-hydrogen) atoms. The van der Waals surface area contributed by atoms with Crippen LogP contribution in [0.4, 0.5) is 5.69 Å². The van der Waals surface area contributed by atoms with Gasteiger partial charge in [-0.1, -0.05) is 0 Å². The second-order valence-corrected chi connectivity index (χ2v) is 5.83. The minimum Gasteiger partial charge on any atom is -0.367 e. The van der Waals surface area contributed by atoms with Gasteiger partial charge in [-0.05, 0) is 25.0 Å². The lowest BCUT2D eigenvalue weighted by Gasteiger charge is -2.36. The topological polar surface area (TPSA) is 63.5 Å². The molecule has 0 aliphatic carbocycles. The van der Waals surface area contributed by atoms with Crippen LogP contribution in [0.5, 0.6) is 0 Å². The van der Waals surface area contributed by atoms with E-state index < -0.39 is 0 Å². The van der Waals surface area contributed by atoms with Gasteiger partial charge in [0.05, 0.1) is 12.2 Å². The zero-order valence-electron chi connectivity index (χ0n) is 12.7. The zero-order valence-corrected chi connectivity index (χ0v) is 12.7. The first-order chi connectivity index (χ1) is 10.8. The number of piperazine rings is 1. The zero-order chi connectivity index (χ0) is 15.4. The van der Waals surface area contributed by atoms with Gasteiger partial charge in [0, 0.05) is 45.5 Å². The van der Waals surface area contributed by atoms with E-state index in [1.165, 1.54) is 0 Å². The van der Waals surface area contributed by atoms with Crippen molar-refractivity contribution >= 4 is 11.6 Å². The number of anilines is 1. The second-order valence-electron chi connectivity index (χ2n) is 5.83. The number of rotatable bonds is 3. The van der Waals surface area contributed by atoms with E-state index >= 15 is 0 Å². The molecule has 3 heterocycles. The average Bonchev–Trinajstić information content (AvgIpc) is 3.10. The maximum Gasteiger partial charge on any atom is 0.236 e. The lowest BCUT2D eigenvalue weighted by Crippen LogP contribution is -2.50. The van der Waals surface area contributed by atoms with Crippen LogP contribution in [0.2, 0.25) is 0 Å². The number of nitrogens with zero attached hydrogens (tertiary/aromatic N) is 5. The third-order valence-electron chi connectivity index (χ3n) is 4.42. The predicted molar refractivity (Wildman–Crippen MR) is 83.4 cm³/mol. The Balaban J connectivity index is 1.54. The smallest absolute Gasteiger partial charge is 0.236 e. The Morgan fingerprint density at radius 1 is 1.18 bits per heavy atom. The summed E-state index contributed by atoms with van der Waals surface area (Å²) in [6, 6.07) is 5.95. The van der Waals surface area contributed by atoms with Crippen molar-refractivity contribution in [2.24, 2.45) is 0 Å². The molecule has 0 unspecified atom stereocenters. The van der Waals surface area contributed by atoms with E-state index in [1.807, 2.05) is 17.0 Å². The largest absolute Gasteiger partial charge is 0.367 e. The van der Waals surface area contributed by atoms with Crippen LogP contribution in [-0.2, 0) is 4.79 Å². The van der Waals surface area contributed by atoms with Gasteiger partial charge in [0.1, 0.15) is 6.07 Å². The highest BCUT2D eigenvalue weighted by molar-refractivity contribution is 5.78. The van der Waals surface area contributed by atoms with Crippen molar-refractivity contribution in [2.45, 2.75) is 12.8 Å². The molecule has 0 N–H and O–H groups in total. The highest BCUT2D eigenvalue weighted by atomic mass is 16.2. The van der Waals surface area contributed by atoms with Crippen LogP contribution < -0.4 is 4.90 Å². The van der Waals surface area contributed by atoms with Gasteiger partial charge in [0.2, 0.25) is 5.91 Å². The molecule has 116 valence electrons. The molecule has 6 nitrogen and oxygen atoms in total. The summed E-state index contributed by atoms with van der Waals surface area (Å²) in [5.41, 5.74) is 1.37. The summed E-state index contributed by atoms with van der Waals surface area (Å²) in [6.07, 6.45) is 3.92. The Bertz CT molecular complexity index is 568. The highest BCUT2D eigenvalue weighted by Crippen LogP contribution is 2.19. The molecule has 0 saturated carbocycles. The molecule has 1 aromatic rings. The Morgan fingerprint density at radius 2 is 1.91 bits per heavy atom. The fraction of sp³-hybridized carbons (Fsp3) is 0.562. The number of carbonyl (C=O) groups excluding carboxylic acids is 1. The van der Waals surface area contributed by atoms with Crippen LogP contribution in [-0.4, -0.2) is 66.5 Å². The number of carbonyl (C=O) groups is 1. The van der Waals surface area contributed by atoms with Gasteiger partial charge in [-0.25, -0.2) is 4.98 Å². The van der Waals surface area contributed by atoms with Gasteiger partial charge in [0.25, 0.3) is 0 Å². The fourth-order valence-electron chi connectivity index (χ4n) is 3.14. The van der Waals surface area contributed by atoms with Crippen molar-refractivity contribution in [3.63, 3.8) is 0 Å². The van der Waals surface area contributed by atoms with E-state index in [4.69, 9.17) is 5.26 Å². The first kappa shape index (κ1) is 14.8. The van der Waals surface area contributed by atoms with Crippen LogP contribution in [0, 0.1) is 11.3 Å². The molecule has 1 aromatic heterocycles. The van der Waals surface area contributed by atoms with Crippen molar-refractivity contribution in [3.8, 4) is 6.07 Å². The average molecular weight is 299 g/mol. The summed E-state index contributed by atoms with van der Waals surface area (Å²) in [4.78, 5) is 22.7. The molecule has 0 atom stereocenters. The SMILES string of the molecule is N#Cc1ncccc1N1CCN(CC(=O)N2CCCC2)CC1. The molecule has 0 radical (unpaired) electrons. The van der Waals surface area contributed by atoms with E-state index in [1.54, 1.807) is 6.20 Å².